The lowest BCUT2D eigenvalue weighted by Gasteiger charge is -2.12. The Labute approximate surface area is 145 Å². The van der Waals surface area contributed by atoms with Gasteiger partial charge < -0.3 is 4.74 Å². The van der Waals surface area contributed by atoms with E-state index in [1.165, 1.54) is 4.90 Å². The molecule has 24 heavy (non-hydrogen) atoms. The molecule has 5 heteroatoms. The molecule has 1 aliphatic rings. The lowest BCUT2D eigenvalue weighted by atomic mass is 10.1. The van der Waals surface area contributed by atoms with Gasteiger partial charge in [0.1, 0.15) is 5.75 Å². The van der Waals surface area contributed by atoms with Gasteiger partial charge in [0.2, 0.25) is 0 Å². The average molecular weight is 339 g/mol. The molecular weight excluding hydrogens is 322 g/mol. The summed E-state index contributed by atoms with van der Waals surface area (Å²) in [5.41, 5.74) is 2.88. The van der Waals surface area contributed by atoms with Crippen LogP contribution in [-0.4, -0.2) is 23.2 Å². The largest absolute Gasteiger partial charge is 0.497 e. The topological polar surface area (TPSA) is 46.6 Å². The molecule has 0 spiro atoms. The lowest BCUT2D eigenvalue weighted by molar-refractivity contribution is -0.123. The maximum atomic E-state index is 12.5. The van der Waals surface area contributed by atoms with Crippen LogP contribution in [0.5, 0.6) is 5.75 Å². The zero-order valence-corrected chi connectivity index (χ0v) is 14.3. The average Bonchev–Trinajstić information content (AvgIpc) is 2.83. The van der Waals surface area contributed by atoms with Gasteiger partial charge in [0.05, 0.1) is 18.6 Å². The van der Waals surface area contributed by atoms with E-state index in [9.17, 15) is 9.59 Å². The van der Waals surface area contributed by atoms with Crippen LogP contribution in [-0.2, 0) is 11.3 Å². The number of benzene rings is 2. The fourth-order valence-electron chi connectivity index (χ4n) is 2.51. The van der Waals surface area contributed by atoms with Crippen molar-refractivity contribution in [1.29, 1.82) is 0 Å². The highest BCUT2D eigenvalue weighted by Crippen LogP contribution is 2.33. The van der Waals surface area contributed by atoms with E-state index >= 15 is 0 Å². The molecule has 0 bridgehead atoms. The number of rotatable bonds is 4. The minimum atomic E-state index is -0.255. The molecule has 1 saturated heterocycles. The predicted octanol–water partition coefficient (Wildman–Crippen LogP) is 4.24. The zero-order valence-electron chi connectivity index (χ0n) is 13.5. The van der Waals surface area contributed by atoms with E-state index < -0.39 is 0 Å². The van der Waals surface area contributed by atoms with E-state index in [4.69, 9.17) is 4.74 Å². The summed E-state index contributed by atoms with van der Waals surface area (Å²) < 4.78 is 5.18. The molecule has 1 aliphatic heterocycles. The van der Waals surface area contributed by atoms with Crippen LogP contribution in [0.15, 0.2) is 53.4 Å². The molecule has 3 rings (SSSR count). The molecule has 4 nitrogen and oxygen atoms in total. The molecule has 2 amide bonds. The number of ether oxygens (including phenoxy) is 1. The van der Waals surface area contributed by atoms with Crippen LogP contribution in [0.25, 0.3) is 6.08 Å². The summed E-state index contributed by atoms with van der Waals surface area (Å²) >= 11 is 0.971. The second-order valence-electron chi connectivity index (χ2n) is 5.53. The summed E-state index contributed by atoms with van der Waals surface area (Å²) in [4.78, 5) is 26.5. The summed E-state index contributed by atoms with van der Waals surface area (Å²) in [6.07, 6.45) is 1.73. The van der Waals surface area contributed by atoms with Crippen LogP contribution >= 0.6 is 11.8 Å². The Morgan fingerprint density at radius 1 is 1.12 bits per heavy atom. The molecule has 0 N–H and O–H groups in total. The Morgan fingerprint density at radius 3 is 2.67 bits per heavy atom. The summed E-state index contributed by atoms with van der Waals surface area (Å²) in [7, 11) is 1.59. The summed E-state index contributed by atoms with van der Waals surface area (Å²) in [6, 6.07) is 15.2. The zero-order chi connectivity index (χ0) is 17.1. The lowest BCUT2D eigenvalue weighted by Crippen LogP contribution is -2.27. The minimum Gasteiger partial charge on any atom is -0.497 e. The molecule has 122 valence electrons. The van der Waals surface area contributed by atoms with E-state index in [0.717, 1.165) is 28.5 Å². The molecule has 2 aromatic carbocycles. The van der Waals surface area contributed by atoms with Crippen molar-refractivity contribution in [3.05, 3.63) is 70.1 Å². The van der Waals surface area contributed by atoms with E-state index in [2.05, 4.69) is 0 Å². The minimum absolute atomic E-state index is 0.240. The molecular formula is C19H17NO3S. The van der Waals surface area contributed by atoms with Gasteiger partial charge in [0, 0.05) is 0 Å². The Kier molecular flexibility index (Phi) is 4.71. The molecule has 0 aromatic heterocycles. The van der Waals surface area contributed by atoms with Crippen molar-refractivity contribution in [2.24, 2.45) is 0 Å². The maximum Gasteiger partial charge on any atom is 0.293 e. The quantitative estimate of drug-likeness (QED) is 0.782. The number of aryl methyl sites for hydroxylation is 1. The Balaban J connectivity index is 1.82. The van der Waals surface area contributed by atoms with Crippen LogP contribution in [0, 0.1) is 6.92 Å². The molecule has 1 fully saturated rings. The first-order chi connectivity index (χ1) is 11.6. The fraction of sp³-hybridized carbons (Fsp3) is 0.158. The fourth-order valence-corrected chi connectivity index (χ4v) is 3.35. The number of hydrogen-bond acceptors (Lipinski definition) is 4. The normalized spacial score (nSPS) is 16.1. The predicted molar refractivity (Wildman–Crippen MR) is 95.7 cm³/mol. The highest BCUT2D eigenvalue weighted by Gasteiger charge is 2.34. The standard InChI is InChI=1S/C19H17NO3S/c1-13-5-3-7-15(9-13)12-20-18(21)17(24-19(20)22)11-14-6-4-8-16(10-14)23-2/h3-11H,12H2,1-2H3/b17-11+. The first-order valence-electron chi connectivity index (χ1n) is 7.52. The van der Waals surface area contributed by atoms with Crippen LogP contribution in [0.3, 0.4) is 0 Å². The Bertz CT molecular complexity index is 829. The number of carbonyl (C=O) groups excluding carboxylic acids is 2. The van der Waals surface area contributed by atoms with Gasteiger partial charge in [-0.3, -0.25) is 14.5 Å². The van der Waals surface area contributed by atoms with E-state index in [1.54, 1.807) is 13.2 Å². The van der Waals surface area contributed by atoms with E-state index in [0.29, 0.717) is 17.2 Å². The van der Waals surface area contributed by atoms with Crippen molar-refractivity contribution in [3.63, 3.8) is 0 Å². The number of methoxy groups -OCH3 is 1. The van der Waals surface area contributed by atoms with Gasteiger partial charge in [-0.2, -0.15) is 0 Å². The molecule has 0 atom stereocenters. The second kappa shape index (κ2) is 6.93. The van der Waals surface area contributed by atoms with Crippen molar-refractivity contribution in [3.8, 4) is 5.75 Å². The summed E-state index contributed by atoms with van der Waals surface area (Å²) in [5, 5.41) is -0.240. The van der Waals surface area contributed by atoms with Crippen LogP contribution < -0.4 is 4.74 Å². The third kappa shape index (κ3) is 3.51. The van der Waals surface area contributed by atoms with Crippen molar-refractivity contribution in [2.75, 3.05) is 7.11 Å². The van der Waals surface area contributed by atoms with Gasteiger partial charge in [-0.15, -0.1) is 0 Å². The van der Waals surface area contributed by atoms with Crippen LogP contribution in [0.4, 0.5) is 4.79 Å². The summed E-state index contributed by atoms with van der Waals surface area (Å²) in [6.45, 7) is 2.28. The molecule has 0 aliphatic carbocycles. The number of imide groups is 1. The molecule has 1 heterocycles. The summed E-state index contributed by atoms with van der Waals surface area (Å²) in [5.74, 6) is 0.456. The molecule has 0 saturated carbocycles. The van der Waals surface area contributed by atoms with Gasteiger partial charge in [-0.25, -0.2) is 0 Å². The number of nitrogens with zero attached hydrogens (tertiary/aromatic N) is 1. The second-order valence-corrected chi connectivity index (χ2v) is 6.53. The van der Waals surface area contributed by atoms with E-state index in [-0.39, 0.29) is 11.1 Å². The third-order valence-electron chi connectivity index (χ3n) is 3.69. The number of amides is 2. The van der Waals surface area contributed by atoms with Gasteiger partial charge in [0.15, 0.2) is 0 Å². The molecule has 0 unspecified atom stereocenters. The number of hydrogen-bond donors (Lipinski definition) is 0. The van der Waals surface area contributed by atoms with E-state index in [1.807, 2.05) is 55.5 Å². The first-order valence-corrected chi connectivity index (χ1v) is 8.33. The van der Waals surface area contributed by atoms with Crippen LogP contribution in [0.2, 0.25) is 0 Å². The third-order valence-corrected chi connectivity index (χ3v) is 4.60. The number of thioether (sulfide) groups is 1. The highest BCUT2D eigenvalue weighted by atomic mass is 32.2. The van der Waals surface area contributed by atoms with Gasteiger partial charge >= 0.3 is 0 Å². The highest BCUT2D eigenvalue weighted by molar-refractivity contribution is 8.18. The van der Waals surface area contributed by atoms with Crippen molar-refractivity contribution in [1.82, 2.24) is 4.90 Å². The maximum absolute atomic E-state index is 12.5. The van der Waals surface area contributed by atoms with Gasteiger partial charge in [-0.05, 0) is 48.0 Å². The Morgan fingerprint density at radius 2 is 1.92 bits per heavy atom. The van der Waals surface area contributed by atoms with Crippen molar-refractivity contribution >= 4 is 29.0 Å². The molecule has 2 aromatic rings. The number of carbonyl (C=O) groups is 2. The van der Waals surface area contributed by atoms with Crippen LogP contribution in [0.1, 0.15) is 16.7 Å². The Hall–Kier alpha value is -2.53. The van der Waals surface area contributed by atoms with Crippen molar-refractivity contribution in [2.45, 2.75) is 13.5 Å². The first kappa shape index (κ1) is 16.3. The molecule has 0 radical (unpaired) electrons. The smallest absolute Gasteiger partial charge is 0.293 e. The SMILES string of the molecule is COc1cccc(/C=C2/SC(=O)N(Cc3cccc(C)c3)C2=O)c1. The van der Waals surface area contributed by atoms with Crippen molar-refractivity contribution < 1.29 is 14.3 Å². The van der Waals surface area contributed by atoms with Gasteiger partial charge in [-0.1, -0.05) is 42.0 Å². The monoisotopic (exact) mass is 339 g/mol. The van der Waals surface area contributed by atoms with Gasteiger partial charge in [0.25, 0.3) is 11.1 Å².